The molecule has 0 saturated carbocycles. The topological polar surface area (TPSA) is 63.6 Å². The van der Waals surface area contributed by atoms with Crippen molar-refractivity contribution >= 4 is 11.8 Å². The van der Waals surface area contributed by atoms with Crippen molar-refractivity contribution in [2.45, 2.75) is 26.1 Å². The summed E-state index contributed by atoms with van der Waals surface area (Å²) in [5.41, 5.74) is 0.480. The van der Waals surface area contributed by atoms with Gasteiger partial charge in [0, 0.05) is 5.56 Å². The lowest BCUT2D eigenvalue weighted by Gasteiger charge is -2.13. The van der Waals surface area contributed by atoms with Crippen LogP contribution in [0.5, 0.6) is 0 Å². The third kappa shape index (κ3) is 3.17. The standard InChI is InChI=1S/C12H14O4/c1-8(13)12(15)16-9(2)11(14)10-6-4-3-5-7-10/h3-9,13H,1-2H3. The lowest BCUT2D eigenvalue weighted by Crippen LogP contribution is -2.29. The van der Waals surface area contributed by atoms with E-state index in [-0.39, 0.29) is 5.78 Å². The van der Waals surface area contributed by atoms with Gasteiger partial charge >= 0.3 is 5.97 Å². The smallest absolute Gasteiger partial charge is 0.335 e. The third-order valence-corrected chi connectivity index (χ3v) is 2.06. The Kier molecular flexibility index (Phi) is 4.19. The molecule has 0 heterocycles. The zero-order valence-electron chi connectivity index (χ0n) is 9.21. The summed E-state index contributed by atoms with van der Waals surface area (Å²) in [4.78, 5) is 22.8. The molecule has 1 aromatic rings. The molecule has 0 radical (unpaired) electrons. The average Bonchev–Trinajstić information content (AvgIpc) is 2.28. The Morgan fingerprint density at radius 3 is 2.25 bits per heavy atom. The van der Waals surface area contributed by atoms with Crippen LogP contribution in [0.3, 0.4) is 0 Å². The molecule has 4 heteroatoms. The first-order valence-electron chi connectivity index (χ1n) is 5.00. The van der Waals surface area contributed by atoms with Crippen LogP contribution in [0.4, 0.5) is 0 Å². The van der Waals surface area contributed by atoms with Crippen LogP contribution in [0.1, 0.15) is 24.2 Å². The lowest BCUT2D eigenvalue weighted by molar-refractivity contribution is -0.155. The van der Waals surface area contributed by atoms with Crippen LogP contribution in [0.15, 0.2) is 30.3 Å². The van der Waals surface area contributed by atoms with E-state index in [0.29, 0.717) is 5.56 Å². The normalized spacial score (nSPS) is 13.9. The number of carbonyl (C=O) groups excluding carboxylic acids is 2. The number of ether oxygens (including phenoxy) is 1. The predicted molar refractivity (Wildman–Crippen MR) is 58.0 cm³/mol. The molecule has 0 bridgehead atoms. The minimum absolute atomic E-state index is 0.283. The van der Waals surface area contributed by atoms with Crippen LogP contribution in [-0.2, 0) is 9.53 Å². The minimum atomic E-state index is -1.22. The molecule has 1 aromatic carbocycles. The van der Waals surface area contributed by atoms with E-state index in [1.165, 1.54) is 13.8 Å². The first-order valence-corrected chi connectivity index (χ1v) is 5.00. The van der Waals surface area contributed by atoms with Crippen molar-refractivity contribution in [2.75, 3.05) is 0 Å². The number of rotatable bonds is 4. The Balaban J connectivity index is 2.65. The zero-order chi connectivity index (χ0) is 12.1. The lowest BCUT2D eigenvalue weighted by atomic mass is 10.1. The van der Waals surface area contributed by atoms with E-state index in [1.54, 1.807) is 30.3 Å². The molecule has 2 atom stereocenters. The van der Waals surface area contributed by atoms with E-state index in [2.05, 4.69) is 0 Å². The van der Waals surface area contributed by atoms with Gasteiger partial charge in [0.15, 0.2) is 6.10 Å². The molecule has 0 aliphatic heterocycles. The maximum absolute atomic E-state index is 11.7. The number of hydrogen-bond donors (Lipinski definition) is 1. The summed E-state index contributed by atoms with van der Waals surface area (Å²) in [7, 11) is 0. The summed E-state index contributed by atoms with van der Waals surface area (Å²) >= 11 is 0. The van der Waals surface area contributed by atoms with Gasteiger partial charge in [-0.15, -0.1) is 0 Å². The molecule has 16 heavy (non-hydrogen) atoms. The van der Waals surface area contributed by atoms with Gasteiger partial charge in [-0.3, -0.25) is 4.79 Å². The SMILES string of the molecule is CC(O)C(=O)OC(C)C(=O)c1ccccc1. The second kappa shape index (κ2) is 5.42. The summed E-state index contributed by atoms with van der Waals surface area (Å²) in [6.07, 6.45) is -2.10. The highest BCUT2D eigenvalue weighted by molar-refractivity contribution is 6.00. The molecular formula is C12H14O4. The Labute approximate surface area is 93.9 Å². The molecule has 86 valence electrons. The molecule has 4 nitrogen and oxygen atoms in total. The van der Waals surface area contributed by atoms with Gasteiger partial charge in [0.1, 0.15) is 6.10 Å². The number of hydrogen-bond acceptors (Lipinski definition) is 4. The molecule has 0 aromatic heterocycles. The summed E-state index contributed by atoms with van der Waals surface area (Å²) in [6, 6.07) is 8.56. The number of aliphatic hydroxyl groups excluding tert-OH is 1. The van der Waals surface area contributed by atoms with E-state index in [4.69, 9.17) is 9.84 Å². The van der Waals surface area contributed by atoms with E-state index >= 15 is 0 Å². The van der Waals surface area contributed by atoms with E-state index in [1.807, 2.05) is 0 Å². The first-order chi connectivity index (χ1) is 7.52. The van der Waals surface area contributed by atoms with Gasteiger partial charge in [0.25, 0.3) is 0 Å². The number of aliphatic hydroxyl groups is 1. The van der Waals surface area contributed by atoms with Gasteiger partial charge in [-0.2, -0.15) is 0 Å². The number of esters is 1. The Morgan fingerprint density at radius 1 is 1.19 bits per heavy atom. The average molecular weight is 222 g/mol. The van der Waals surface area contributed by atoms with Crippen molar-refractivity contribution in [1.82, 2.24) is 0 Å². The minimum Gasteiger partial charge on any atom is -0.452 e. The molecular weight excluding hydrogens is 208 g/mol. The van der Waals surface area contributed by atoms with Crippen molar-refractivity contribution in [3.63, 3.8) is 0 Å². The van der Waals surface area contributed by atoms with E-state index in [9.17, 15) is 9.59 Å². The van der Waals surface area contributed by atoms with Crippen LogP contribution in [0.25, 0.3) is 0 Å². The quantitative estimate of drug-likeness (QED) is 0.613. The Hall–Kier alpha value is -1.68. The molecule has 0 aliphatic rings. The number of carbonyl (C=O) groups is 2. The van der Waals surface area contributed by atoms with Crippen LogP contribution >= 0.6 is 0 Å². The molecule has 0 saturated heterocycles. The van der Waals surface area contributed by atoms with Crippen molar-refractivity contribution in [3.05, 3.63) is 35.9 Å². The molecule has 0 aliphatic carbocycles. The van der Waals surface area contributed by atoms with E-state index < -0.39 is 18.2 Å². The highest BCUT2D eigenvalue weighted by Crippen LogP contribution is 2.06. The van der Waals surface area contributed by atoms with Gasteiger partial charge in [-0.05, 0) is 13.8 Å². The highest BCUT2D eigenvalue weighted by Gasteiger charge is 2.21. The second-order valence-electron chi connectivity index (χ2n) is 3.49. The Bertz CT molecular complexity index is 370. The van der Waals surface area contributed by atoms with Crippen molar-refractivity contribution in [1.29, 1.82) is 0 Å². The van der Waals surface area contributed by atoms with Crippen LogP contribution in [0.2, 0.25) is 0 Å². The van der Waals surface area contributed by atoms with Crippen LogP contribution in [-0.4, -0.2) is 29.1 Å². The van der Waals surface area contributed by atoms with Crippen molar-refractivity contribution in [3.8, 4) is 0 Å². The maximum Gasteiger partial charge on any atom is 0.335 e. The molecule has 0 fully saturated rings. The van der Waals surface area contributed by atoms with Gasteiger partial charge in [-0.1, -0.05) is 30.3 Å². The summed E-state index contributed by atoms with van der Waals surface area (Å²) in [6.45, 7) is 2.78. The zero-order valence-corrected chi connectivity index (χ0v) is 9.21. The maximum atomic E-state index is 11.7. The van der Waals surface area contributed by atoms with Gasteiger partial charge < -0.3 is 9.84 Å². The number of benzene rings is 1. The van der Waals surface area contributed by atoms with Gasteiger partial charge in [0.2, 0.25) is 5.78 Å². The molecule has 1 N–H and O–H groups in total. The molecule has 1 rings (SSSR count). The largest absolute Gasteiger partial charge is 0.452 e. The van der Waals surface area contributed by atoms with Crippen LogP contribution in [0, 0.1) is 0 Å². The number of Topliss-reactive ketones (excluding diaryl/α,β-unsaturated/α-hetero) is 1. The Morgan fingerprint density at radius 2 is 1.75 bits per heavy atom. The summed E-state index contributed by atoms with van der Waals surface area (Å²) in [5, 5.41) is 8.94. The predicted octanol–water partition coefficient (Wildman–Crippen LogP) is 1.18. The van der Waals surface area contributed by atoms with Gasteiger partial charge in [-0.25, -0.2) is 4.79 Å². The number of ketones is 1. The van der Waals surface area contributed by atoms with Crippen molar-refractivity contribution < 1.29 is 19.4 Å². The van der Waals surface area contributed by atoms with Crippen molar-refractivity contribution in [2.24, 2.45) is 0 Å². The first kappa shape index (κ1) is 12.4. The molecule has 0 amide bonds. The fourth-order valence-electron chi connectivity index (χ4n) is 1.16. The fourth-order valence-corrected chi connectivity index (χ4v) is 1.16. The summed E-state index contributed by atoms with van der Waals surface area (Å²) in [5.74, 6) is -1.08. The monoisotopic (exact) mass is 222 g/mol. The third-order valence-electron chi connectivity index (χ3n) is 2.06. The fraction of sp³-hybridized carbons (Fsp3) is 0.333. The summed E-state index contributed by atoms with van der Waals surface area (Å²) < 4.78 is 4.79. The molecule has 2 unspecified atom stereocenters. The van der Waals surface area contributed by atoms with Gasteiger partial charge in [0.05, 0.1) is 0 Å². The highest BCUT2D eigenvalue weighted by atomic mass is 16.6. The molecule has 0 spiro atoms. The second-order valence-corrected chi connectivity index (χ2v) is 3.49. The van der Waals surface area contributed by atoms with Crippen LogP contribution < -0.4 is 0 Å². The van der Waals surface area contributed by atoms with E-state index in [0.717, 1.165) is 0 Å².